The van der Waals surface area contributed by atoms with Gasteiger partial charge in [-0.25, -0.2) is 4.39 Å². The van der Waals surface area contributed by atoms with E-state index in [2.05, 4.69) is 6.92 Å². The summed E-state index contributed by atoms with van der Waals surface area (Å²) in [5.74, 6) is -1.35. The van der Waals surface area contributed by atoms with Crippen LogP contribution in [0.3, 0.4) is 0 Å². The number of carbonyl (C=O) groups excluding carboxylic acids is 3. The zero-order chi connectivity index (χ0) is 28.1. The molecule has 1 saturated heterocycles. The second-order valence-corrected chi connectivity index (χ2v) is 10.8. The Morgan fingerprint density at radius 1 is 1.08 bits per heavy atom. The van der Waals surface area contributed by atoms with Gasteiger partial charge in [0, 0.05) is 45.4 Å². The van der Waals surface area contributed by atoms with Gasteiger partial charge in [-0.15, -0.1) is 0 Å². The maximum Gasteiger partial charge on any atom is 0.294 e. The van der Waals surface area contributed by atoms with E-state index < -0.39 is 11.7 Å². The van der Waals surface area contributed by atoms with Crippen LogP contribution in [0.2, 0.25) is 5.02 Å². The third kappa shape index (κ3) is 6.68. The highest BCUT2D eigenvalue weighted by atomic mass is 35.5. The number of hydrogen-bond acceptors (Lipinski definition) is 4. The van der Waals surface area contributed by atoms with Crippen LogP contribution in [-0.4, -0.2) is 65.8 Å². The summed E-state index contributed by atoms with van der Waals surface area (Å²) in [6.07, 6.45) is 6.00. The van der Waals surface area contributed by atoms with Gasteiger partial charge in [-0.05, 0) is 61.4 Å². The van der Waals surface area contributed by atoms with E-state index in [4.69, 9.17) is 16.3 Å². The number of rotatable bonds is 10. The number of likely N-dealkylation sites (N-methyl/N-ethyl adjacent to an activating group) is 1. The van der Waals surface area contributed by atoms with Crippen LogP contribution < -0.4 is 0 Å². The largest absolute Gasteiger partial charge is 0.361 e. The summed E-state index contributed by atoms with van der Waals surface area (Å²) >= 11 is 6.63. The molecule has 0 bridgehead atoms. The molecule has 0 N–H and O–H groups in total. The number of unbranched alkanes of at least 4 members (excludes halogenated alkanes) is 1. The summed E-state index contributed by atoms with van der Waals surface area (Å²) in [5.41, 5.74) is 2.23. The number of ketones is 1. The highest BCUT2D eigenvalue weighted by Crippen LogP contribution is 2.31. The lowest BCUT2D eigenvalue weighted by atomic mass is 9.90. The van der Waals surface area contributed by atoms with Gasteiger partial charge in [0.05, 0.1) is 21.7 Å². The summed E-state index contributed by atoms with van der Waals surface area (Å²) in [5, 5.41) is 0.778. The molecular weight excluding hydrogens is 521 g/mol. The van der Waals surface area contributed by atoms with Crippen molar-refractivity contribution in [3.63, 3.8) is 0 Å². The minimum Gasteiger partial charge on any atom is -0.361 e. The van der Waals surface area contributed by atoms with Crippen molar-refractivity contribution in [1.82, 2.24) is 14.4 Å². The van der Waals surface area contributed by atoms with Crippen molar-refractivity contribution >= 4 is 40.1 Å². The Kier molecular flexibility index (Phi) is 9.40. The van der Waals surface area contributed by atoms with Crippen molar-refractivity contribution in [2.45, 2.75) is 45.8 Å². The predicted octanol–water partition coefficient (Wildman–Crippen LogP) is 5.57. The molecule has 0 atom stereocenters. The molecule has 4 rings (SSSR count). The molecule has 0 radical (unpaired) electrons. The number of nitrogens with zero attached hydrogens (tertiary/aromatic N) is 3. The van der Waals surface area contributed by atoms with E-state index in [0.29, 0.717) is 42.1 Å². The Balaban J connectivity index is 1.56. The van der Waals surface area contributed by atoms with Gasteiger partial charge >= 0.3 is 0 Å². The van der Waals surface area contributed by atoms with E-state index >= 15 is 0 Å². The van der Waals surface area contributed by atoms with E-state index in [1.807, 2.05) is 12.1 Å². The van der Waals surface area contributed by atoms with Crippen molar-refractivity contribution in [2.24, 2.45) is 5.92 Å². The molecule has 1 aromatic heterocycles. The lowest BCUT2D eigenvalue weighted by Crippen LogP contribution is -2.39. The number of likely N-dealkylation sites (tertiary alicyclic amines) is 1. The van der Waals surface area contributed by atoms with Crippen molar-refractivity contribution < 1.29 is 23.5 Å². The summed E-state index contributed by atoms with van der Waals surface area (Å²) in [7, 11) is 3.05. The van der Waals surface area contributed by atoms with Crippen LogP contribution in [0, 0.1) is 11.7 Å². The molecule has 3 aromatic rings. The van der Waals surface area contributed by atoms with Gasteiger partial charge in [0.25, 0.3) is 17.6 Å². The number of ether oxygens (including phenoxy) is 1. The lowest BCUT2D eigenvalue weighted by molar-refractivity contribution is -0.124. The first kappa shape index (κ1) is 28.8. The molecule has 0 aliphatic carbocycles. The third-order valence-corrected chi connectivity index (χ3v) is 7.57. The maximum absolute atomic E-state index is 13.5. The molecule has 0 spiro atoms. The Bertz CT molecular complexity index is 1340. The van der Waals surface area contributed by atoms with Crippen LogP contribution in [0.4, 0.5) is 4.39 Å². The van der Waals surface area contributed by atoms with Crippen LogP contribution in [0.5, 0.6) is 0 Å². The standard InChI is InChI=1S/C30H35ClFN3O4/c1-4-5-14-39-19-35-18-25(28(36)30(38)33(2)3)23-16-24(26(31)17-27(23)35)29(37)34-12-10-21(11-13-34)15-20-6-8-22(32)9-7-20/h6-9,16-18,21H,4-5,10-15,19H2,1-3H3. The predicted molar refractivity (Wildman–Crippen MR) is 150 cm³/mol. The van der Waals surface area contributed by atoms with E-state index in [0.717, 1.165) is 37.7 Å². The maximum atomic E-state index is 13.5. The summed E-state index contributed by atoms with van der Waals surface area (Å²) in [6.45, 7) is 4.00. The monoisotopic (exact) mass is 555 g/mol. The summed E-state index contributed by atoms with van der Waals surface area (Å²) < 4.78 is 20.7. The van der Waals surface area contributed by atoms with Crippen LogP contribution in [0.15, 0.2) is 42.6 Å². The van der Waals surface area contributed by atoms with Gasteiger partial charge in [-0.3, -0.25) is 14.4 Å². The molecule has 1 aliphatic rings. The van der Waals surface area contributed by atoms with Crippen molar-refractivity contribution in [1.29, 1.82) is 0 Å². The summed E-state index contributed by atoms with van der Waals surface area (Å²) in [6, 6.07) is 9.87. The fourth-order valence-corrected chi connectivity index (χ4v) is 5.19. The number of halogens is 2. The average molecular weight is 556 g/mol. The minimum atomic E-state index is -0.653. The van der Waals surface area contributed by atoms with Gasteiger partial charge < -0.3 is 19.1 Å². The highest BCUT2D eigenvalue weighted by Gasteiger charge is 2.28. The molecule has 208 valence electrons. The minimum absolute atomic E-state index is 0.200. The summed E-state index contributed by atoms with van der Waals surface area (Å²) in [4.78, 5) is 42.2. The number of Topliss-reactive ketones (excluding diaryl/α,β-unsaturated/α-hetero) is 1. The first-order valence-corrected chi connectivity index (χ1v) is 13.8. The van der Waals surface area contributed by atoms with Crippen LogP contribution >= 0.6 is 11.6 Å². The fraction of sp³-hybridized carbons (Fsp3) is 0.433. The Labute approximate surface area is 233 Å². The van der Waals surface area contributed by atoms with Gasteiger partial charge in [-0.2, -0.15) is 0 Å². The van der Waals surface area contributed by atoms with Gasteiger partial charge in [-0.1, -0.05) is 37.1 Å². The van der Waals surface area contributed by atoms with E-state index in [9.17, 15) is 18.8 Å². The molecule has 2 aromatic carbocycles. The van der Waals surface area contributed by atoms with E-state index in [1.54, 1.807) is 27.8 Å². The van der Waals surface area contributed by atoms with Crippen molar-refractivity contribution in [2.75, 3.05) is 33.8 Å². The Morgan fingerprint density at radius 2 is 1.77 bits per heavy atom. The topological polar surface area (TPSA) is 71.8 Å². The molecule has 2 amide bonds. The van der Waals surface area contributed by atoms with Crippen LogP contribution in [0.25, 0.3) is 10.9 Å². The first-order chi connectivity index (χ1) is 18.7. The van der Waals surface area contributed by atoms with Crippen molar-refractivity contribution in [3.8, 4) is 0 Å². The first-order valence-electron chi connectivity index (χ1n) is 13.4. The highest BCUT2D eigenvalue weighted by molar-refractivity contribution is 6.45. The third-order valence-electron chi connectivity index (χ3n) is 7.26. The number of piperidine rings is 1. The number of amides is 2. The van der Waals surface area contributed by atoms with Crippen molar-refractivity contribution in [3.05, 3.63) is 70.1 Å². The molecule has 39 heavy (non-hydrogen) atoms. The zero-order valence-corrected chi connectivity index (χ0v) is 23.5. The molecule has 0 unspecified atom stereocenters. The quantitative estimate of drug-likeness (QED) is 0.186. The van der Waals surface area contributed by atoms with Gasteiger partial charge in [0.1, 0.15) is 12.5 Å². The SMILES string of the molecule is CCCCOCn1cc(C(=O)C(=O)N(C)C)c2cc(C(=O)N3CCC(Cc4ccc(F)cc4)CC3)c(Cl)cc21. The molecule has 1 aliphatic heterocycles. The molecule has 2 heterocycles. The molecule has 1 fully saturated rings. The molecular formula is C30H35ClFN3O4. The Morgan fingerprint density at radius 3 is 2.41 bits per heavy atom. The zero-order valence-electron chi connectivity index (χ0n) is 22.7. The molecule has 0 saturated carbocycles. The smallest absolute Gasteiger partial charge is 0.294 e. The molecule has 7 nitrogen and oxygen atoms in total. The number of aromatic nitrogens is 1. The van der Waals surface area contributed by atoms with Crippen LogP contribution in [0.1, 0.15) is 58.9 Å². The number of fused-ring (bicyclic) bond motifs is 1. The van der Waals surface area contributed by atoms with E-state index in [1.165, 1.54) is 31.1 Å². The Hall–Kier alpha value is -3.23. The van der Waals surface area contributed by atoms with E-state index in [-0.39, 0.29) is 29.0 Å². The lowest BCUT2D eigenvalue weighted by Gasteiger charge is -2.32. The van der Waals surface area contributed by atoms with Gasteiger partial charge in [0.15, 0.2) is 0 Å². The fourth-order valence-electron chi connectivity index (χ4n) is 4.95. The molecule has 9 heteroatoms. The van der Waals surface area contributed by atoms with Gasteiger partial charge in [0.2, 0.25) is 0 Å². The second-order valence-electron chi connectivity index (χ2n) is 10.3. The second kappa shape index (κ2) is 12.7. The number of hydrogen-bond donors (Lipinski definition) is 0. The van der Waals surface area contributed by atoms with Crippen LogP contribution in [-0.2, 0) is 22.7 Å². The number of carbonyl (C=O) groups is 3. The normalized spacial score (nSPS) is 14.1. The number of benzene rings is 2. The average Bonchev–Trinajstić information content (AvgIpc) is 3.28.